The second-order valence-corrected chi connectivity index (χ2v) is 4.11. The summed E-state index contributed by atoms with van der Waals surface area (Å²) in [5.74, 6) is -0.134. The molecule has 0 unspecified atom stereocenters. The molecule has 0 saturated heterocycles. The van der Waals surface area contributed by atoms with Crippen molar-refractivity contribution in [2.24, 2.45) is 5.73 Å². The van der Waals surface area contributed by atoms with E-state index in [0.717, 1.165) is 5.56 Å². The quantitative estimate of drug-likeness (QED) is 0.909. The van der Waals surface area contributed by atoms with Gasteiger partial charge in [-0.1, -0.05) is 0 Å². The van der Waals surface area contributed by atoms with E-state index < -0.39 is 0 Å². The predicted octanol–water partition coefficient (Wildman–Crippen LogP) is 2.83. The zero-order valence-corrected chi connectivity index (χ0v) is 9.77. The van der Waals surface area contributed by atoms with Gasteiger partial charge in [0.1, 0.15) is 0 Å². The topological polar surface area (TPSA) is 35.2 Å². The Hall–Kier alpha value is -0.610. The van der Waals surface area contributed by atoms with Crippen molar-refractivity contribution in [3.63, 3.8) is 0 Å². The summed E-state index contributed by atoms with van der Waals surface area (Å²) in [6, 6.07) is 3.16. The minimum atomic E-state index is -0.381. The highest BCUT2D eigenvalue weighted by atomic mass is 79.9. The second kappa shape index (κ2) is 4.75. The van der Waals surface area contributed by atoms with Crippen LogP contribution in [0.25, 0.3) is 0 Å². The van der Waals surface area contributed by atoms with E-state index >= 15 is 0 Å². The van der Waals surface area contributed by atoms with E-state index in [1.807, 2.05) is 13.8 Å². The lowest BCUT2D eigenvalue weighted by molar-refractivity contribution is 0.229. The maximum absolute atomic E-state index is 13.4. The van der Waals surface area contributed by atoms with E-state index in [1.165, 1.54) is 6.07 Å². The molecular weight excluding hydrogens is 249 g/mol. The van der Waals surface area contributed by atoms with Gasteiger partial charge in [0, 0.05) is 6.54 Å². The SMILES string of the molecule is CC(C)Oc1c(F)cc(CN)cc1Br. The van der Waals surface area contributed by atoms with Crippen molar-refractivity contribution in [3.05, 3.63) is 28.0 Å². The number of nitrogens with two attached hydrogens (primary N) is 1. The molecule has 0 aromatic heterocycles. The third kappa shape index (κ3) is 2.69. The van der Waals surface area contributed by atoms with Gasteiger partial charge < -0.3 is 10.5 Å². The van der Waals surface area contributed by atoms with Crippen LogP contribution in [0.3, 0.4) is 0 Å². The van der Waals surface area contributed by atoms with Crippen LogP contribution in [0.4, 0.5) is 4.39 Å². The van der Waals surface area contributed by atoms with E-state index in [0.29, 0.717) is 11.0 Å². The van der Waals surface area contributed by atoms with Crippen molar-refractivity contribution >= 4 is 15.9 Å². The average Bonchev–Trinajstić information content (AvgIpc) is 2.10. The Bertz CT molecular complexity index is 305. The Morgan fingerprint density at radius 1 is 1.50 bits per heavy atom. The van der Waals surface area contributed by atoms with Gasteiger partial charge in [0.25, 0.3) is 0 Å². The second-order valence-electron chi connectivity index (χ2n) is 3.26. The molecule has 0 aliphatic rings. The van der Waals surface area contributed by atoms with Crippen LogP contribution in [0.15, 0.2) is 16.6 Å². The normalized spacial score (nSPS) is 10.7. The number of ether oxygens (including phenoxy) is 1. The van der Waals surface area contributed by atoms with E-state index in [4.69, 9.17) is 10.5 Å². The van der Waals surface area contributed by atoms with Gasteiger partial charge in [-0.3, -0.25) is 0 Å². The van der Waals surface area contributed by atoms with Crippen LogP contribution in [0.1, 0.15) is 19.4 Å². The molecule has 1 aromatic rings. The minimum absolute atomic E-state index is 0.0514. The first-order valence-electron chi connectivity index (χ1n) is 4.39. The molecule has 1 rings (SSSR count). The van der Waals surface area contributed by atoms with Crippen molar-refractivity contribution in [1.82, 2.24) is 0 Å². The number of rotatable bonds is 3. The van der Waals surface area contributed by atoms with Crippen LogP contribution in [0.2, 0.25) is 0 Å². The van der Waals surface area contributed by atoms with Crippen LogP contribution in [-0.2, 0) is 6.54 Å². The highest BCUT2D eigenvalue weighted by molar-refractivity contribution is 9.10. The molecule has 2 nitrogen and oxygen atoms in total. The molecule has 4 heteroatoms. The lowest BCUT2D eigenvalue weighted by atomic mass is 10.2. The van der Waals surface area contributed by atoms with Crippen molar-refractivity contribution in [1.29, 1.82) is 0 Å². The maximum Gasteiger partial charge on any atom is 0.169 e. The largest absolute Gasteiger partial charge is 0.487 e. The Balaban J connectivity index is 3.05. The van der Waals surface area contributed by atoms with Gasteiger partial charge in [0.05, 0.1) is 10.6 Å². The Labute approximate surface area is 91.4 Å². The molecule has 0 radical (unpaired) electrons. The summed E-state index contributed by atoms with van der Waals surface area (Å²) in [5, 5.41) is 0. The fraction of sp³-hybridized carbons (Fsp3) is 0.400. The molecule has 0 aliphatic carbocycles. The molecular formula is C10H13BrFNO. The molecule has 0 amide bonds. The van der Waals surface area contributed by atoms with Crippen LogP contribution in [0, 0.1) is 5.82 Å². The van der Waals surface area contributed by atoms with Crippen LogP contribution in [0.5, 0.6) is 5.75 Å². The maximum atomic E-state index is 13.4. The molecule has 0 atom stereocenters. The van der Waals surface area contributed by atoms with Gasteiger partial charge in [-0.2, -0.15) is 0 Å². The number of hydrogen-bond acceptors (Lipinski definition) is 2. The fourth-order valence-electron chi connectivity index (χ4n) is 1.08. The molecule has 1 aromatic carbocycles. The number of halogens is 2. The van der Waals surface area contributed by atoms with Crippen LogP contribution < -0.4 is 10.5 Å². The van der Waals surface area contributed by atoms with Gasteiger partial charge >= 0.3 is 0 Å². The van der Waals surface area contributed by atoms with Crippen molar-refractivity contribution in [2.75, 3.05) is 0 Å². The average molecular weight is 262 g/mol. The molecule has 0 heterocycles. The minimum Gasteiger partial charge on any atom is -0.487 e. The Morgan fingerprint density at radius 3 is 2.57 bits per heavy atom. The standard InChI is InChI=1S/C10H13BrFNO/c1-6(2)14-10-8(11)3-7(5-13)4-9(10)12/h3-4,6H,5,13H2,1-2H3. The summed E-state index contributed by atoms with van der Waals surface area (Å²) >= 11 is 3.25. The zero-order chi connectivity index (χ0) is 10.7. The molecule has 78 valence electrons. The van der Waals surface area contributed by atoms with Gasteiger partial charge in [-0.25, -0.2) is 4.39 Å². The molecule has 2 N–H and O–H groups in total. The lowest BCUT2D eigenvalue weighted by Crippen LogP contribution is -2.08. The Morgan fingerprint density at radius 2 is 2.14 bits per heavy atom. The molecule has 0 saturated carbocycles. The number of hydrogen-bond donors (Lipinski definition) is 1. The summed E-state index contributed by atoms with van der Waals surface area (Å²) in [4.78, 5) is 0. The molecule has 0 aliphatic heterocycles. The summed E-state index contributed by atoms with van der Waals surface area (Å²) < 4.78 is 19.4. The monoisotopic (exact) mass is 261 g/mol. The zero-order valence-electron chi connectivity index (χ0n) is 8.18. The molecule has 14 heavy (non-hydrogen) atoms. The molecule has 0 fully saturated rings. The third-order valence-corrected chi connectivity index (χ3v) is 2.24. The fourth-order valence-corrected chi connectivity index (χ4v) is 1.66. The van der Waals surface area contributed by atoms with Crippen LogP contribution >= 0.6 is 15.9 Å². The highest BCUT2D eigenvalue weighted by Gasteiger charge is 2.11. The van der Waals surface area contributed by atoms with E-state index in [2.05, 4.69) is 15.9 Å². The van der Waals surface area contributed by atoms with E-state index in [1.54, 1.807) is 6.07 Å². The predicted molar refractivity (Wildman–Crippen MR) is 57.8 cm³/mol. The van der Waals surface area contributed by atoms with E-state index in [9.17, 15) is 4.39 Å². The third-order valence-electron chi connectivity index (χ3n) is 1.65. The summed E-state index contributed by atoms with van der Waals surface area (Å²) in [7, 11) is 0. The van der Waals surface area contributed by atoms with Gasteiger partial charge in [-0.05, 0) is 47.5 Å². The molecule has 0 spiro atoms. The van der Waals surface area contributed by atoms with Crippen LogP contribution in [-0.4, -0.2) is 6.10 Å². The van der Waals surface area contributed by atoms with Gasteiger partial charge in [-0.15, -0.1) is 0 Å². The highest BCUT2D eigenvalue weighted by Crippen LogP contribution is 2.30. The molecule has 0 bridgehead atoms. The van der Waals surface area contributed by atoms with Gasteiger partial charge in [0.15, 0.2) is 11.6 Å². The lowest BCUT2D eigenvalue weighted by Gasteiger charge is -2.13. The Kier molecular flexibility index (Phi) is 3.89. The smallest absolute Gasteiger partial charge is 0.169 e. The summed E-state index contributed by atoms with van der Waals surface area (Å²) in [5.41, 5.74) is 6.15. The van der Waals surface area contributed by atoms with Crippen molar-refractivity contribution < 1.29 is 9.13 Å². The summed E-state index contributed by atoms with van der Waals surface area (Å²) in [6.07, 6.45) is -0.0514. The number of benzene rings is 1. The van der Waals surface area contributed by atoms with Crippen molar-refractivity contribution in [2.45, 2.75) is 26.5 Å². The van der Waals surface area contributed by atoms with E-state index in [-0.39, 0.29) is 17.7 Å². The first-order valence-corrected chi connectivity index (χ1v) is 5.18. The first kappa shape index (κ1) is 11.5. The summed E-state index contributed by atoms with van der Waals surface area (Å²) in [6.45, 7) is 4.02. The van der Waals surface area contributed by atoms with Crippen molar-refractivity contribution in [3.8, 4) is 5.75 Å². The van der Waals surface area contributed by atoms with Gasteiger partial charge in [0.2, 0.25) is 0 Å². The first-order chi connectivity index (χ1) is 6.54.